The Bertz CT molecular complexity index is 2570. The molecular weight excluding hydrogens is 689 g/mol. The Balaban J connectivity index is 1.07. The van der Waals surface area contributed by atoms with Crippen molar-refractivity contribution in [3.8, 4) is 0 Å². The fourth-order valence-corrected chi connectivity index (χ4v) is 9.70. The highest BCUT2D eigenvalue weighted by molar-refractivity contribution is 6.08. The molecule has 0 radical (unpaired) electrons. The Morgan fingerprint density at radius 1 is 0.526 bits per heavy atom. The molecule has 2 atom stereocenters. The smallest absolute Gasteiger partial charge is 0.210 e. The van der Waals surface area contributed by atoms with Crippen LogP contribution in [0.1, 0.15) is 62.8 Å². The first-order chi connectivity index (χ1) is 28.0. The third-order valence-electron chi connectivity index (χ3n) is 12.1. The van der Waals surface area contributed by atoms with Gasteiger partial charge in [-0.05, 0) is 89.6 Å². The van der Waals surface area contributed by atoms with Gasteiger partial charge < -0.3 is 4.90 Å². The van der Waals surface area contributed by atoms with Crippen LogP contribution < -0.4 is 4.90 Å². The van der Waals surface area contributed by atoms with E-state index in [2.05, 4.69) is 225 Å². The second-order valence-corrected chi connectivity index (χ2v) is 16.1. The number of rotatable bonds is 13. The second-order valence-electron chi connectivity index (χ2n) is 16.1. The van der Waals surface area contributed by atoms with Crippen molar-refractivity contribution in [2.24, 2.45) is 0 Å². The topological polar surface area (TPSA) is 6.25 Å². The Labute approximate surface area is 340 Å². The molecule has 2 nitrogen and oxygen atoms in total. The van der Waals surface area contributed by atoms with Crippen LogP contribution in [-0.4, -0.2) is 23.4 Å². The fraction of sp³-hybridized carbons (Fsp3) is 0.218. The molecule has 2 unspecified atom stereocenters. The number of hydrogen-bond acceptors (Lipinski definition) is 1. The van der Waals surface area contributed by atoms with Gasteiger partial charge in [-0.2, -0.15) is 4.58 Å². The minimum atomic E-state index is -0.171. The van der Waals surface area contributed by atoms with Crippen LogP contribution in [-0.2, 0) is 23.7 Å². The van der Waals surface area contributed by atoms with Gasteiger partial charge in [-0.1, -0.05) is 172 Å². The third kappa shape index (κ3) is 7.26. The molecule has 2 aliphatic rings. The average Bonchev–Trinajstić information content (AvgIpc) is 3.61. The molecular formula is C55H55N2+. The summed E-state index contributed by atoms with van der Waals surface area (Å²) in [7, 11) is 0. The molecule has 2 heteroatoms. The van der Waals surface area contributed by atoms with Gasteiger partial charge in [-0.25, -0.2) is 0 Å². The number of allylic oxidation sites excluding steroid dienone is 10. The predicted molar refractivity (Wildman–Crippen MR) is 245 cm³/mol. The summed E-state index contributed by atoms with van der Waals surface area (Å²) >= 11 is 0. The first kappa shape index (κ1) is 37.9. The van der Waals surface area contributed by atoms with E-state index in [9.17, 15) is 0 Å². The van der Waals surface area contributed by atoms with Gasteiger partial charge in [-0.15, -0.1) is 0 Å². The van der Waals surface area contributed by atoms with Gasteiger partial charge in [0.05, 0.1) is 5.41 Å². The van der Waals surface area contributed by atoms with E-state index in [0.717, 1.165) is 38.8 Å². The van der Waals surface area contributed by atoms with Crippen molar-refractivity contribution in [2.75, 3.05) is 18.0 Å². The summed E-state index contributed by atoms with van der Waals surface area (Å²) in [6.45, 7) is 11.4. The molecule has 8 rings (SSSR count). The molecule has 2 heterocycles. The third-order valence-corrected chi connectivity index (χ3v) is 12.1. The quantitative estimate of drug-likeness (QED) is 0.0843. The maximum Gasteiger partial charge on any atom is 0.210 e. The monoisotopic (exact) mass is 743 g/mol. The van der Waals surface area contributed by atoms with Crippen LogP contribution in [0, 0.1) is 0 Å². The van der Waals surface area contributed by atoms with Crippen molar-refractivity contribution in [2.45, 2.75) is 64.2 Å². The first-order valence-electron chi connectivity index (χ1n) is 20.9. The molecule has 0 bridgehead atoms. The van der Waals surface area contributed by atoms with Crippen molar-refractivity contribution in [3.63, 3.8) is 0 Å². The summed E-state index contributed by atoms with van der Waals surface area (Å²) in [5, 5.41) is 5.31. The fourth-order valence-electron chi connectivity index (χ4n) is 9.70. The van der Waals surface area contributed by atoms with Gasteiger partial charge in [0.25, 0.3) is 0 Å². The number of hydrogen-bond donors (Lipinski definition) is 0. The molecule has 0 amide bonds. The molecule has 0 saturated heterocycles. The van der Waals surface area contributed by atoms with Gasteiger partial charge in [-0.3, -0.25) is 0 Å². The molecule has 0 aliphatic carbocycles. The Hall–Kier alpha value is -5.99. The molecule has 0 N–H and O–H groups in total. The van der Waals surface area contributed by atoms with Gasteiger partial charge in [0, 0.05) is 47.5 Å². The minimum Gasteiger partial charge on any atom is -0.344 e. The lowest BCUT2D eigenvalue weighted by molar-refractivity contribution is -0.437. The van der Waals surface area contributed by atoms with Crippen molar-refractivity contribution < 1.29 is 4.58 Å². The van der Waals surface area contributed by atoms with E-state index in [0.29, 0.717) is 0 Å². The molecule has 6 aromatic carbocycles. The lowest BCUT2D eigenvalue weighted by Crippen LogP contribution is -2.34. The zero-order valence-electron chi connectivity index (χ0n) is 34.0. The average molecular weight is 744 g/mol. The Kier molecular flexibility index (Phi) is 11.1. The van der Waals surface area contributed by atoms with Crippen LogP contribution in [0.4, 0.5) is 11.4 Å². The summed E-state index contributed by atoms with van der Waals surface area (Å²) in [6, 6.07) is 49.0. The van der Waals surface area contributed by atoms with Gasteiger partial charge in [0.15, 0.2) is 5.71 Å². The molecule has 0 aromatic heterocycles. The molecule has 57 heavy (non-hydrogen) atoms. The van der Waals surface area contributed by atoms with Crippen molar-refractivity contribution in [1.82, 2.24) is 0 Å². The van der Waals surface area contributed by atoms with Gasteiger partial charge in [0.1, 0.15) is 6.54 Å². The normalized spacial score (nSPS) is 20.1. The van der Waals surface area contributed by atoms with Crippen LogP contribution in [0.5, 0.6) is 0 Å². The Morgan fingerprint density at radius 2 is 1.07 bits per heavy atom. The highest BCUT2D eigenvalue weighted by atomic mass is 15.2. The van der Waals surface area contributed by atoms with Crippen LogP contribution in [0.2, 0.25) is 0 Å². The number of nitrogens with zero attached hydrogens (tertiary/aromatic N) is 2. The number of benzene rings is 6. The molecule has 0 saturated carbocycles. The molecule has 284 valence electrons. The molecule has 0 spiro atoms. The van der Waals surface area contributed by atoms with E-state index in [1.807, 2.05) is 0 Å². The molecule has 0 fully saturated rings. The zero-order valence-corrected chi connectivity index (χ0v) is 34.0. The summed E-state index contributed by atoms with van der Waals surface area (Å²) < 4.78 is 2.57. The van der Waals surface area contributed by atoms with E-state index in [4.69, 9.17) is 0 Å². The molecule has 2 aliphatic heterocycles. The second kappa shape index (κ2) is 16.6. The van der Waals surface area contributed by atoms with E-state index in [1.54, 1.807) is 0 Å². The number of anilines is 1. The minimum absolute atomic E-state index is 0.171. The Morgan fingerprint density at radius 3 is 1.70 bits per heavy atom. The zero-order chi connectivity index (χ0) is 39.2. The van der Waals surface area contributed by atoms with E-state index < -0.39 is 0 Å². The van der Waals surface area contributed by atoms with Gasteiger partial charge in [0.2, 0.25) is 5.69 Å². The van der Waals surface area contributed by atoms with E-state index in [-0.39, 0.29) is 10.8 Å². The van der Waals surface area contributed by atoms with Crippen LogP contribution in [0.3, 0.4) is 0 Å². The van der Waals surface area contributed by atoms with Crippen LogP contribution in [0.15, 0.2) is 194 Å². The SMILES string of the molecule is CCCN1/C(=C/C=C/C=C/C=C/C=C/C2=[N+](CCC)c3ccc4ccccc4c3C2(C)Cc2ccccc2)C(C)(Cc2ccccc2)c2c1ccc1ccccc21. The highest BCUT2D eigenvalue weighted by Gasteiger charge is 2.49. The molecule has 6 aromatic rings. The lowest BCUT2D eigenvalue weighted by atomic mass is 9.73. The van der Waals surface area contributed by atoms with Crippen LogP contribution in [0.25, 0.3) is 21.5 Å². The maximum atomic E-state index is 2.57. The van der Waals surface area contributed by atoms with Crippen molar-refractivity contribution in [3.05, 3.63) is 216 Å². The van der Waals surface area contributed by atoms with E-state index >= 15 is 0 Å². The largest absolute Gasteiger partial charge is 0.344 e. The van der Waals surface area contributed by atoms with Crippen molar-refractivity contribution in [1.29, 1.82) is 0 Å². The summed E-state index contributed by atoms with van der Waals surface area (Å²) in [4.78, 5) is 2.57. The standard InChI is InChI=1S/C55H55N2/c1-5-38-56-48-36-34-44-28-20-22-30-46(44)52(48)54(3,40-42-24-14-12-15-25-42)50(56)32-18-10-8-7-9-11-19-33-51-55(4,41-43-26-16-13-17-27-43)53-47-31-23-21-29-45(47)35-37-49(53)57(51)39-6-2/h7-37H,5-6,38-41H2,1-4H3/q+1. The predicted octanol–water partition coefficient (Wildman–Crippen LogP) is 13.5. The first-order valence-corrected chi connectivity index (χ1v) is 20.9. The lowest BCUT2D eigenvalue weighted by Gasteiger charge is -2.31. The highest BCUT2D eigenvalue weighted by Crippen LogP contribution is 2.52. The summed E-state index contributed by atoms with van der Waals surface area (Å²) in [5.74, 6) is 0. The van der Waals surface area contributed by atoms with Crippen molar-refractivity contribution >= 4 is 38.6 Å². The summed E-state index contributed by atoms with van der Waals surface area (Å²) in [6.07, 6.45) is 24.0. The van der Waals surface area contributed by atoms with Crippen LogP contribution >= 0.6 is 0 Å². The maximum absolute atomic E-state index is 2.57. The summed E-state index contributed by atoms with van der Waals surface area (Å²) in [5.41, 5.74) is 10.7. The number of fused-ring (bicyclic) bond motifs is 6. The van der Waals surface area contributed by atoms with Gasteiger partial charge >= 0.3 is 0 Å². The van der Waals surface area contributed by atoms with E-state index in [1.165, 1.54) is 66.6 Å².